The molecule has 0 atom stereocenters. The summed E-state index contributed by atoms with van der Waals surface area (Å²) in [6.45, 7) is 6.00. The molecule has 0 fully saturated rings. The summed E-state index contributed by atoms with van der Waals surface area (Å²) >= 11 is 3.38. The van der Waals surface area contributed by atoms with Gasteiger partial charge in [-0.15, -0.1) is 10.2 Å². The Morgan fingerprint density at radius 1 is 1.33 bits per heavy atom. The zero-order valence-corrected chi connectivity index (χ0v) is 12.2. The molecule has 0 radical (unpaired) electrons. The van der Waals surface area contributed by atoms with Crippen LogP contribution in [0, 0.1) is 12.7 Å². The Hall–Kier alpha value is -1.23. The summed E-state index contributed by atoms with van der Waals surface area (Å²) in [7, 11) is 0. The van der Waals surface area contributed by atoms with E-state index in [0.29, 0.717) is 16.7 Å². The maximum absolute atomic E-state index is 13.9. The fourth-order valence-corrected chi connectivity index (χ4v) is 2.33. The minimum Gasteiger partial charge on any atom is -0.308 e. The third-order valence-electron chi connectivity index (χ3n) is 2.77. The fourth-order valence-electron chi connectivity index (χ4n) is 1.95. The van der Waals surface area contributed by atoms with Crippen LogP contribution in [0.15, 0.2) is 18.2 Å². The Balaban J connectivity index is 2.63. The smallest absolute Gasteiger partial charge is 0.167 e. The molecule has 0 bridgehead atoms. The molecule has 0 saturated carbocycles. The highest BCUT2D eigenvalue weighted by Gasteiger charge is 2.18. The highest BCUT2D eigenvalue weighted by molar-refractivity contribution is 9.08. The molecule has 0 spiro atoms. The molecule has 0 saturated heterocycles. The molecule has 1 aromatic heterocycles. The van der Waals surface area contributed by atoms with E-state index in [1.807, 2.05) is 25.3 Å². The summed E-state index contributed by atoms with van der Waals surface area (Å²) in [4.78, 5) is 0. The van der Waals surface area contributed by atoms with Gasteiger partial charge in [0.15, 0.2) is 5.82 Å². The van der Waals surface area contributed by atoms with E-state index >= 15 is 0 Å². The van der Waals surface area contributed by atoms with Crippen LogP contribution >= 0.6 is 15.9 Å². The van der Waals surface area contributed by atoms with Crippen LogP contribution in [0.4, 0.5) is 4.39 Å². The van der Waals surface area contributed by atoms with Crippen molar-refractivity contribution in [3.63, 3.8) is 0 Å². The van der Waals surface area contributed by atoms with Gasteiger partial charge in [0.2, 0.25) is 0 Å². The summed E-state index contributed by atoms with van der Waals surface area (Å²) in [5.74, 6) is 1.12. The van der Waals surface area contributed by atoms with Crippen molar-refractivity contribution >= 4 is 15.9 Å². The number of benzene rings is 1. The Morgan fingerprint density at radius 3 is 2.67 bits per heavy atom. The van der Waals surface area contributed by atoms with Crippen molar-refractivity contribution in [3.8, 4) is 11.4 Å². The Morgan fingerprint density at radius 2 is 2.06 bits per heavy atom. The topological polar surface area (TPSA) is 30.7 Å². The highest BCUT2D eigenvalue weighted by atomic mass is 79.9. The average Bonchev–Trinajstić information content (AvgIpc) is 2.75. The van der Waals surface area contributed by atoms with Gasteiger partial charge in [-0.1, -0.05) is 27.6 Å². The lowest BCUT2D eigenvalue weighted by molar-refractivity contribution is 0.580. The summed E-state index contributed by atoms with van der Waals surface area (Å²) in [5.41, 5.74) is 1.51. The number of halogens is 2. The molecule has 1 heterocycles. The van der Waals surface area contributed by atoms with Crippen LogP contribution in [0.2, 0.25) is 0 Å². The molecule has 2 aromatic rings. The number of hydrogen-bond donors (Lipinski definition) is 0. The van der Waals surface area contributed by atoms with Gasteiger partial charge in [-0.2, -0.15) is 0 Å². The summed E-state index contributed by atoms with van der Waals surface area (Å²) in [6.07, 6.45) is 0. The van der Waals surface area contributed by atoms with Crippen molar-refractivity contribution < 1.29 is 4.39 Å². The predicted molar refractivity (Wildman–Crippen MR) is 73.2 cm³/mol. The van der Waals surface area contributed by atoms with Gasteiger partial charge in [0.05, 0.1) is 10.9 Å². The van der Waals surface area contributed by atoms with E-state index in [0.717, 1.165) is 11.4 Å². The van der Waals surface area contributed by atoms with E-state index in [1.165, 1.54) is 6.07 Å². The first kappa shape index (κ1) is 13.2. The monoisotopic (exact) mass is 311 g/mol. The van der Waals surface area contributed by atoms with Gasteiger partial charge < -0.3 is 4.57 Å². The van der Waals surface area contributed by atoms with Gasteiger partial charge in [-0.25, -0.2) is 4.39 Å². The first-order valence-corrected chi connectivity index (χ1v) is 6.93. The number of aromatic nitrogens is 3. The minimum absolute atomic E-state index is 0.183. The molecule has 0 aliphatic rings. The van der Waals surface area contributed by atoms with Gasteiger partial charge in [0.1, 0.15) is 11.6 Å². The second-order valence-electron chi connectivity index (χ2n) is 4.52. The molecule has 0 aliphatic carbocycles. The Kier molecular flexibility index (Phi) is 3.80. The second kappa shape index (κ2) is 5.18. The van der Waals surface area contributed by atoms with E-state index in [2.05, 4.69) is 26.1 Å². The third kappa shape index (κ3) is 2.32. The van der Waals surface area contributed by atoms with Crippen LogP contribution in [-0.2, 0) is 5.33 Å². The van der Waals surface area contributed by atoms with Crippen molar-refractivity contribution in [2.75, 3.05) is 0 Å². The molecule has 0 unspecified atom stereocenters. The molecular weight excluding hydrogens is 297 g/mol. The molecule has 5 heteroatoms. The molecule has 0 amide bonds. The van der Waals surface area contributed by atoms with Crippen molar-refractivity contribution in [1.29, 1.82) is 0 Å². The molecule has 0 N–H and O–H groups in total. The minimum atomic E-state index is -0.268. The number of hydrogen-bond acceptors (Lipinski definition) is 2. The van der Waals surface area contributed by atoms with E-state index in [9.17, 15) is 4.39 Å². The van der Waals surface area contributed by atoms with E-state index < -0.39 is 0 Å². The van der Waals surface area contributed by atoms with Crippen LogP contribution in [0.1, 0.15) is 31.3 Å². The van der Waals surface area contributed by atoms with Crippen LogP contribution in [-0.4, -0.2) is 14.8 Å². The largest absolute Gasteiger partial charge is 0.308 e. The van der Waals surface area contributed by atoms with E-state index in [-0.39, 0.29) is 11.9 Å². The van der Waals surface area contributed by atoms with Crippen molar-refractivity contribution in [3.05, 3.63) is 35.4 Å². The van der Waals surface area contributed by atoms with Gasteiger partial charge >= 0.3 is 0 Å². The van der Waals surface area contributed by atoms with Crippen LogP contribution < -0.4 is 0 Å². The second-order valence-corrected chi connectivity index (χ2v) is 5.08. The van der Waals surface area contributed by atoms with Gasteiger partial charge in [0, 0.05) is 6.04 Å². The normalized spacial score (nSPS) is 11.2. The molecular formula is C13H15BrFN3. The zero-order valence-electron chi connectivity index (χ0n) is 10.6. The molecule has 96 valence electrons. The molecule has 18 heavy (non-hydrogen) atoms. The lowest BCUT2D eigenvalue weighted by atomic mass is 10.1. The molecule has 1 aromatic carbocycles. The van der Waals surface area contributed by atoms with E-state index in [1.54, 1.807) is 12.1 Å². The maximum atomic E-state index is 13.9. The highest BCUT2D eigenvalue weighted by Crippen LogP contribution is 2.26. The fraction of sp³-hybridized carbons (Fsp3) is 0.385. The number of aryl methyl sites for hydroxylation is 1. The van der Waals surface area contributed by atoms with Crippen LogP contribution in [0.3, 0.4) is 0 Å². The third-order valence-corrected chi connectivity index (χ3v) is 3.27. The van der Waals surface area contributed by atoms with Gasteiger partial charge in [-0.3, -0.25) is 0 Å². The van der Waals surface area contributed by atoms with Crippen molar-refractivity contribution in [1.82, 2.24) is 14.8 Å². The van der Waals surface area contributed by atoms with Crippen molar-refractivity contribution in [2.45, 2.75) is 32.1 Å². The predicted octanol–water partition coefficient (Wildman–Crippen LogP) is 3.87. The first-order chi connectivity index (χ1) is 8.54. The quantitative estimate of drug-likeness (QED) is 0.806. The summed E-state index contributed by atoms with van der Waals surface area (Å²) < 4.78 is 15.9. The maximum Gasteiger partial charge on any atom is 0.167 e. The lowest BCUT2D eigenvalue weighted by Gasteiger charge is -2.13. The molecule has 3 nitrogen and oxygen atoms in total. The lowest BCUT2D eigenvalue weighted by Crippen LogP contribution is -2.07. The zero-order chi connectivity index (χ0) is 13.3. The average molecular weight is 312 g/mol. The molecule has 0 aliphatic heterocycles. The Bertz CT molecular complexity index is 563. The standard InChI is InChI=1S/C13H15BrFN3/c1-8(2)18-12(7-14)16-17-13(18)10-6-9(3)4-5-11(10)15/h4-6,8H,7H2,1-3H3. The van der Waals surface area contributed by atoms with E-state index in [4.69, 9.17) is 0 Å². The SMILES string of the molecule is Cc1ccc(F)c(-c2nnc(CBr)n2C(C)C)c1. The van der Waals surface area contributed by atoms with Crippen LogP contribution in [0.5, 0.6) is 0 Å². The number of rotatable bonds is 3. The van der Waals surface area contributed by atoms with Crippen LogP contribution in [0.25, 0.3) is 11.4 Å². The summed E-state index contributed by atoms with van der Waals surface area (Å²) in [6, 6.07) is 5.21. The number of alkyl halides is 1. The first-order valence-electron chi connectivity index (χ1n) is 5.81. The molecule has 2 rings (SSSR count). The van der Waals surface area contributed by atoms with Crippen molar-refractivity contribution in [2.24, 2.45) is 0 Å². The Labute approximate surface area is 114 Å². The van der Waals surface area contributed by atoms with Gasteiger partial charge in [0.25, 0.3) is 0 Å². The summed E-state index contributed by atoms with van der Waals surface area (Å²) in [5, 5.41) is 8.83. The van der Waals surface area contributed by atoms with Gasteiger partial charge in [-0.05, 0) is 32.9 Å². The number of nitrogens with zero attached hydrogens (tertiary/aromatic N) is 3.